The van der Waals surface area contributed by atoms with E-state index in [1.807, 2.05) is 0 Å². The lowest BCUT2D eigenvalue weighted by atomic mass is 9.81. The zero-order valence-corrected chi connectivity index (χ0v) is 17.4. The van der Waals surface area contributed by atoms with Crippen molar-refractivity contribution < 1.29 is 0 Å². The number of rotatable bonds is 3. The SMILES string of the molecule is CC1CC=CC=C1Nc1ccc2c(c1)C(C)(C)c1cc(-c3ccccc3)ccc1-2. The van der Waals surface area contributed by atoms with E-state index in [0.717, 1.165) is 6.42 Å². The van der Waals surface area contributed by atoms with Crippen LogP contribution in [0, 0.1) is 5.92 Å². The largest absolute Gasteiger partial charge is 0.359 e. The molecular weight excluding hydrogens is 350 g/mol. The molecule has 0 aromatic heterocycles. The summed E-state index contributed by atoms with van der Waals surface area (Å²) in [5.41, 5.74) is 10.6. The van der Waals surface area contributed by atoms with Crippen molar-refractivity contribution >= 4 is 5.69 Å². The fourth-order valence-electron chi connectivity index (χ4n) is 4.70. The number of fused-ring (bicyclic) bond motifs is 3. The van der Waals surface area contributed by atoms with Gasteiger partial charge in [0.2, 0.25) is 0 Å². The van der Waals surface area contributed by atoms with Gasteiger partial charge in [0.15, 0.2) is 0 Å². The maximum atomic E-state index is 3.67. The van der Waals surface area contributed by atoms with Crippen molar-refractivity contribution in [1.29, 1.82) is 0 Å². The van der Waals surface area contributed by atoms with Gasteiger partial charge in [0.05, 0.1) is 0 Å². The first-order valence-corrected chi connectivity index (χ1v) is 10.5. The average Bonchev–Trinajstić information content (AvgIpc) is 2.97. The summed E-state index contributed by atoms with van der Waals surface area (Å²) in [7, 11) is 0. The molecule has 1 heteroatoms. The van der Waals surface area contributed by atoms with Crippen LogP contribution in [0.2, 0.25) is 0 Å². The molecule has 0 spiro atoms. The van der Waals surface area contributed by atoms with E-state index in [9.17, 15) is 0 Å². The summed E-state index contributed by atoms with van der Waals surface area (Å²) in [4.78, 5) is 0. The van der Waals surface area contributed by atoms with Crippen LogP contribution in [0.5, 0.6) is 0 Å². The molecule has 0 bridgehead atoms. The molecule has 29 heavy (non-hydrogen) atoms. The molecule has 0 radical (unpaired) electrons. The van der Waals surface area contributed by atoms with E-state index >= 15 is 0 Å². The van der Waals surface area contributed by atoms with Crippen molar-refractivity contribution in [2.24, 2.45) is 5.92 Å². The zero-order valence-electron chi connectivity index (χ0n) is 17.4. The van der Waals surface area contributed by atoms with E-state index in [1.54, 1.807) is 0 Å². The van der Waals surface area contributed by atoms with E-state index < -0.39 is 0 Å². The summed E-state index contributed by atoms with van der Waals surface area (Å²) >= 11 is 0. The standard InChI is InChI=1S/C28H27N/c1-19-9-7-8-12-27(19)29-22-14-16-24-23-15-13-21(20-10-5-4-6-11-20)17-25(23)28(2,3)26(24)18-22/h4-8,10-19,29H,9H2,1-3H3. The van der Waals surface area contributed by atoms with E-state index in [4.69, 9.17) is 0 Å². The molecule has 2 aliphatic rings. The molecule has 0 fully saturated rings. The second-order valence-corrected chi connectivity index (χ2v) is 8.82. The Labute approximate surface area is 173 Å². The Morgan fingerprint density at radius 3 is 2.31 bits per heavy atom. The van der Waals surface area contributed by atoms with E-state index in [1.165, 1.54) is 44.8 Å². The number of nitrogens with one attached hydrogen (secondary N) is 1. The van der Waals surface area contributed by atoms with Crippen LogP contribution in [-0.4, -0.2) is 0 Å². The first-order chi connectivity index (χ1) is 14.0. The van der Waals surface area contributed by atoms with Crippen molar-refractivity contribution in [3.63, 3.8) is 0 Å². The number of benzene rings is 3. The van der Waals surface area contributed by atoms with Crippen LogP contribution in [0.4, 0.5) is 5.69 Å². The molecule has 3 aromatic rings. The van der Waals surface area contributed by atoms with Gasteiger partial charge in [-0.1, -0.05) is 81.5 Å². The molecule has 0 heterocycles. The van der Waals surface area contributed by atoms with Crippen molar-refractivity contribution in [3.8, 4) is 22.3 Å². The zero-order chi connectivity index (χ0) is 20.0. The number of hydrogen-bond acceptors (Lipinski definition) is 1. The van der Waals surface area contributed by atoms with Crippen molar-refractivity contribution in [2.75, 3.05) is 5.32 Å². The van der Waals surface area contributed by atoms with Crippen LogP contribution in [0.25, 0.3) is 22.3 Å². The van der Waals surface area contributed by atoms with Gasteiger partial charge in [-0.25, -0.2) is 0 Å². The van der Waals surface area contributed by atoms with E-state index in [-0.39, 0.29) is 5.41 Å². The lowest BCUT2D eigenvalue weighted by molar-refractivity contribution is 0.660. The van der Waals surface area contributed by atoms with Crippen LogP contribution in [0.3, 0.4) is 0 Å². The van der Waals surface area contributed by atoms with Crippen molar-refractivity contribution in [2.45, 2.75) is 32.6 Å². The normalized spacial score (nSPS) is 18.7. The van der Waals surface area contributed by atoms with Gasteiger partial charge >= 0.3 is 0 Å². The third-order valence-electron chi connectivity index (χ3n) is 6.50. The minimum absolute atomic E-state index is 0.0143. The van der Waals surface area contributed by atoms with Crippen LogP contribution in [0.1, 0.15) is 38.3 Å². The summed E-state index contributed by atoms with van der Waals surface area (Å²) in [6.07, 6.45) is 7.69. The van der Waals surface area contributed by atoms with Crippen LogP contribution < -0.4 is 5.32 Å². The Kier molecular flexibility index (Phi) is 4.20. The Bertz CT molecular complexity index is 1130. The summed E-state index contributed by atoms with van der Waals surface area (Å²) in [5, 5.41) is 3.67. The molecule has 1 N–H and O–H groups in total. The molecule has 144 valence electrons. The minimum Gasteiger partial charge on any atom is -0.359 e. The Morgan fingerprint density at radius 2 is 1.55 bits per heavy atom. The van der Waals surface area contributed by atoms with E-state index in [0.29, 0.717) is 5.92 Å². The molecule has 1 unspecified atom stereocenters. The smallest absolute Gasteiger partial charge is 0.0385 e. The predicted molar refractivity (Wildman–Crippen MR) is 124 cm³/mol. The van der Waals surface area contributed by atoms with Crippen LogP contribution in [-0.2, 0) is 5.41 Å². The number of allylic oxidation sites excluding steroid dienone is 4. The minimum atomic E-state index is -0.0143. The van der Waals surface area contributed by atoms with Gasteiger partial charge in [-0.05, 0) is 70.0 Å². The van der Waals surface area contributed by atoms with E-state index in [2.05, 4.69) is 111 Å². The third-order valence-corrected chi connectivity index (χ3v) is 6.50. The summed E-state index contributed by atoms with van der Waals surface area (Å²) in [6, 6.07) is 24.5. The first kappa shape index (κ1) is 18.0. The van der Waals surface area contributed by atoms with Gasteiger partial charge in [-0.3, -0.25) is 0 Å². The van der Waals surface area contributed by atoms with Gasteiger partial charge in [0, 0.05) is 16.8 Å². The fraction of sp³-hybridized carbons (Fsp3) is 0.214. The molecular formula is C28H27N. The van der Waals surface area contributed by atoms with Crippen LogP contribution >= 0.6 is 0 Å². The lowest BCUT2D eigenvalue weighted by Gasteiger charge is -2.24. The van der Waals surface area contributed by atoms with Gasteiger partial charge in [0.25, 0.3) is 0 Å². The highest BCUT2D eigenvalue weighted by Gasteiger charge is 2.35. The summed E-state index contributed by atoms with van der Waals surface area (Å²) < 4.78 is 0. The molecule has 0 aliphatic heterocycles. The maximum Gasteiger partial charge on any atom is 0.0385 e. The molecule has 0 saturated carbocycles. The number of anilines is 1. The molecule has 2 aliphatic carbocycles. The van der Waals surface area contributed by atoms with Crippen molar-refractivity contribution in [1.82, 2.24) is 0 Å². The second-order valence-electron chi connectivity index (χ2n) is 8.82. The highest BCUT2D eigenvalue weighted by atomic mass is 14.9. The Balaban J connectivity index is 1.54. The average molecular weight is 378 g/mol. The van der Waals surface area contributed by atoms with Gasteiger partial charge < -0.3 is 5.32 Å². The topological polar surface area (TPSA) is 12.0 Å². The summed E-state index contributed by atoms with van der Waals surface area (Å²) in [6.45, 7) is 6.98. The second kappa shape index (κ2) is 6.77. The van der Waals surface area contributed by atoms with Crippen molar-refractivity contribution in [3.05, 3.63) is 102 Å². The monoisotopic (exact) mass is 377 g/mol. The van der Waals surface area contributed by atoms with Gasteiger partial charge in [-0.15, -0.1) is 0 Å². The third kappa shape index (κ3) is 3.02. The molecule has 1 atom stereocenters. The molecule has 3 aromatic carbocycles. The fourth-order valence-corrected chi connectivity index (χ4v) is 4.70. The number of hydrogen-bond donors (Lipinski definition) is 1. The Hall–Kier alpha value is -3.06. The maximum absolute atomic E-state index is 3.67. The molecule has 1 nitrogen and oxygen atoms in total. The lowest BCUT2D eigenvalue weighted by Crippen LogP contribution is -2.16. The van der Waals surface area contributed by atoms with Gasteiger partial charge in [-0.2, -0.15) is 0 Å². The highest BCUT2D eigenvalue weighted by Crippen LogP contribution is 2.50. The highest BCUT2D eigenvalue weighted by molar-refractivity contribution is 5.85. The quantitative estimate of drug-likeness (QED) is 0.497. The predicted octanol–water partition coefficient (Wildman–Crippen LogP) is 7.55. The first-order valence-electron chi connectivity index (χ1n) is 10.5. The Morgan fingerprint density at radius 1 is 0.828 bits per heavy atom. The van der Waals surface area contributed by atoms with Gasteiger partial charge in [0.1, 0.15) is 0 Å². The molecule has 5 rings (SSSR count). The molecule has 0 amide bonds. The summed E-state index contributed by atoms with van der Waals surface area (Å²) in [5.74, 6) is 0.534. The van der Waals surface area contributed by atoms with Crippen LogP contribution in [0.15, 0.2) is 90.7 Å². The molecule has 0 saturated heterocycles.